The number of carbonyl (C=O) groups excluding carboxylic acids is 2. The van der Waals surface area contributed by atoms with E-state index in [-0.39, 0.29) is 29.3 Å². The molecule has 0 aliphatic carbocycles. The standard InChI is InChI=1S/C30H27NO4/c1-18-9-11-19(12-10-18)28(33)29-27(22-7-5-6-8-25(22)35-29)31-26(32)15-20-17-34-24-14-13-21(16-23(20)24)30(2,3)4/h5-14,16-17H,15H2,1-4H3,(H,31,32). The lowest BCUT2D eigenvalue weighted by atomic mass is 9.86. The Bertz CT molecular complexity index is 1560. The minimum Gasteiger partial charge on any atom is -0.464 e. The van der Waals surface area contributed by atoms with Gasteiger partial charge in [-0.3, -0.25) is 9.59 Å². The number of aryl methyl sites for hydroxylation is 1. The summed E-state index contributed by atoms with van der Waals surface area (Å²) in [5.41, 5.74) is 5.17. The predicted octanol–water partition coefficient (Wildman–Crippen LogP) is 7.20. The van der Waals surface area contributed by atoms with Gasteiger partial charge < -0.3 is 14.2 Å². The van der Waals surface area contributed by atoms with Crippen molar-refractivity contribution in [3.8, 4) is 0 Å². The molecule has 0 fully saturated rings. The smallest absolute Gasteiger partial charge is 0.230 e. The quantitative estimate of drug-likeness (QED) is 0.279. The van der Waals surface area contributed by atoms with Crippen LogP contribution in [0.5, 0.6) is 0 Å². The summed E-state index contributed by atoms with van der Waals surface area (Å²) in [6, 6.07) is 20.7. The van der Waals surface area contributed by atoms with Gasteiger partial charge in [-0.15, -0.1) is 0 Å². The fourth-order valence-electron chi connectivity index (χ4n) is 4.21. The summed E-state index contributed by atoms with van der Waals surface area (Å²) in [5.74, 6) is -0.408. The highest BCUT2D eigenvalue weighted by Crippen LogP contribution is 2.33. The average molecular weight is 466 g/mol. The van der Waals surface area contributed by atoms with E-state index in [9.17, 15) is 9.59 Å². The van der Waals surface area contributed by atoms with Crippen molar-refractivity contribution in [2.45, 2.75) is 39.5 Å². The van der Waals surface area contributed by atoms with Crippen LogP contribution >= 0.6 is 0 Å². The Morgan fingerprint density at radius 1 is 0.886 bits per heavy atom. The molecule has 5 rings (SSSR count). The second-order valence-corrected chi connectivity index (χ2v) is 9.94. The summed E-state index contributed by atoms with van der Waals surface area (Å²) in [7, 11) is 0. The number of carbonyl (C=O) groups is 2. The van der Waals surface area contributed by atoms with Gasteiger partial charge in [-0.05, 0) is 42.2 Å². The van der Waals surface area contributed by atoms with E-state index in [0.29, 0.717) is 22.2 Å². The fraction of sp³-hybridized carbons (Fsp3) is 0.200. The van der Waals surface area contributed by atoms with Crippen molar-refractivity contribution < 1.29 is 18.4 Å². The molecule has 0 saturated carbocycles. The molecule has 3 aromatic carbocycles. The molecule has 2 heterocycles. The van der Waals surface area contributed by atoms with Gasteiger partial charge in [-0.1, -0.05) is 68.8 Å². The van der Waals surface area contributed by atoms with Crippen LogP contribution in [-0.4, -0.2) is 11.7 Å². The molecular weight excluding hydrogens is 438 g/mol. The van der Waals surface area contributed by atoms with Gasteiger partial charge in [-0.25, -0.2) is 0 Å². The Hall–Kier alpha value is -4.12. The van der Waals surface area contributed by atoms with E-state index in [1.165, 1.54) is 5.56 Å². The van der Waals surface area contributed by atoms with Crippen LogP contribution in [0.1, 0.15) is 53.6 Å². The molecule has 0 aliphatic rings. The number of amides is 1. The number of rotatable bonds is 5. The molecule has 1 amide bonds. The zero-order chi connectivity index (χ0) is 24.7. The first kappa shape index (κ1) is 22.7. The summed E-state index contributed by atoms with van der Waals surface area (Å²) in [6.07, 6.45) is 1.74. The van der Waals surface area contributed by atoms with Crippen molar-refractivity contribution in [1.82, 2.24) is 0 Å². The third-order valence-corrected chi connectivity index (χ3v) is 6.25. The zero-order valence-electron chi connectivity index (χ0n) is 20.3. The molecule has 5 heteroatoms. The summed E-state index contributed by atoms with van der Waals surface area (Å²) in [4.78, 5) is 26.5. The maximum absolute atomic E-state index is 13.3. The van der Waals surface area contributed by atoms with Gasteiger partial charge in [0.15, 0.2) is 5.76 Å². The van der Waals surface area contributed by atoms with Gasteiger partial charge in [0.1, 0.15) is 11.2 Å². The topological polar surface area (TPSA) is 72.5 Å². The lowest BCUT2D eigenvalue weighted by Crippen LogP contribution is -2.16. The third kappa shape index (κ3) is 4.37. The second kappa shape index (κ2) is 8.58. The molecule has 0 radical (unpaired) electrons. The van der Waals surface area contributed by atoms with Gasteiger partial charge in [0.05, 0.1) is 18.4 Å². The number of benzene rings is 3. The van der Waals surface area contributed by atoms with Crippen LogP contribution in [0, 0.1) is 6.92 Å². The fourth-order valence-corrected chi connectivity index (χ4v) is 4.21. The largest absolute Gasteiger partial charge is 0.464 e. The van der Waals surface area contributed by atoms with E-state index in [4.69, 9.17) is 8.83 Å². The zero-order valence-corrected chi connectivity index (χ0v) is 20.3. The number of anilines is 1. The number of furan rings is 2. The SMILES string of the molecule is Cc1ccc(C(=O)c2oc3ccccc3c2NC(=O)Cc2coc3ccc(C(C)(C)C)cc23)cc1. The Kier molecular flexibility index (Phi) is 5.56. The van der Waals surface area contributed by atoms with Crippen LogP contribution in [0.3, 0.4) is 0 Å². The van der Waals surface area contributed by atoms with Crippen LogP contribution in [-0.2, 0) is 16.6 Å². The number of hydrogen-bond acceptors (Lipinski definition) is 4. The van der Waals surface area contributed by atoms with Crippen LogP contribution in [0.15, 0.2) is 81.8 Å². The average Bonchev–Trinajstić information content (AvgIpc) is 3.40. The maximum atomic E-state index is 13.3. The van der Waals surface area contributed by atoms with Gasteiger partial charge in [0, 0.05) is 21.9 Å². The Labute approximate surface area is 203 Å². The van der Waals surface area contributed by atoms with E-state index in [2.05, 4.69) is 38.2 Å². The van der Waals surface area contributed by atoms with E-state index in [1.54, 1.807) is 24.5 Å². The van der Waals surface area contributed by atoms with Crippen LogP contribution in [0.25, 0.3) is 21.9 Å². The summed E-state index contributed by atoms with van der Waals surface area (Å²) in [6.45, 7) is 8.41. The minimum absolute atomic E-state index is 0.0219. The highest BCUT2D eigenvalue weighted by atomic mass is 16.3. The minimum atomic E-state index is -0.278. The lowest BCUT2D eigenvalue weighted by molar-refractivity contribution is -0.115. The molecule has 0 atom stereocenters. The summed E-state index contributed by atoms with van der Waals surface area (Å²) >= 11 is 0. The van der Waals surface area contributed by atoms with Crippen molar-refractivity contribution in [2.75, 3.05) is 5.32 Å². The van der Waals surface area contributed by atoms with Crippen molar-refractivity contribution >= 4 is 39.3 Å². The van der Waals surface area contributed by atoms with Crippen LogP contribution < -0.4 is 5.32 Å². The Balaban J connectivity index is 1.48. The second-order valence-electron chi connectivity index (χ2n) is 9.94. The van der Waals surface area contributed by atoms with Crippen molar-refractivity contribution in [3.05, 3.63) is 101 Å². The van der Waals surface area contributed by atoms with Gasteiger partial charge in [0.25, 0.3) is 0 Å². The molecular formula is C30H27NO4. The molecule has 2 aromatic heterocycles. The van der Waals surface area contributed by atoms with E-state index in [1.807, 2.05) is 43.3 Å². The first-order valence-corrected chi connectivity index (χ1v) is 11.6. The van der Waals surface area contributed by atoms with Crippen molar-refractivity contribution in [2.24, 2.45) is 0 Å². The molecule has 1 N–H and O–H groups in total. The molecule has 5 aromatic rings. The van der Waals surface area contributed by atoms with Crippen LogP contribution in [0.2, 0.25) is 0 Å². The molecule has 35 heavy (non-hydrogen) atoms. The molecule has 0 bridgehead atoms. The van der Waals surface area contributed by atoms with Gasteiger partial charge in [-0.2, -0.15) is 0 Å². The molecule has 0 unspecified atom stereocenters. The van der Waals surface area contributed by atoms with E-state index < -0.39 is 0 Å². The highest BCUT2D eigenvalue weighted by molar-refractivity contribution is 6.17. The van der Waals surface area contributed by atoms with Crippen molar-refractivity contribution in [3.63, 3.8) is 0 Å². The monoisotopic (exact) mass is 465 g/mol. The first-order valence-electron chi connectivity index (χ1n) is 11.6. The molecule has 5 nitrogen and oxygen atoms in total. The Morgan fingerprint density at radius 2 is 1.63 bits per heavy atom. The normalized spacial score (nSPS) is 11.8. The summed E-state index contributed by atoms with van der Waals surface area (Å²) < 4.78 is 11.6. The molecule has 0 spiro atoms. The van der Waals surface area contributed by atoms with Crippen LogP contribution in [0.4, 0.5) is 5.69 Å². The predicted molar refractivity (Wildman–Crippen MR) is 138 cm³/mol. The van der Waals surface area contributed by atoms with Crippen molar-refractivity contribution in [1.29, 1.82) is 0 Å². The highest BCUT2D eigenvalue weighted by Gasteiger charge is 2.24. The third-order valence-electron chi connectivity index (χ3n) is 6.25. The number of hydrogen-bond donors (Lipinski definition) is 1. The maximum Gasteiger partial charge on any atom is 0.230 e. The van der Waals surface area contributed by atoms with E-state index >= 15 is 0 Å². The summed E-state index contributed by atoms with van der Waals surface area (Å²) in [5, 5.41) is 4.55. The number of ketones is 1. The lowest BCUT2D eigenvalue weighted by Gasteiger charge is -2.18. The molecule has 0 saturated heterocycles. The van der Waals surface area contributed by atoms with Gasteiger partial charge in [0.2, 0.25) is 11.7 Å². The number of fused-ring (bicyclic) bond motifs is 2. The molecule has 0 aliphatic heterocycles. The molecule has 176 valence electrons. The Morgan fingerprint density at radius 3 is 2.37 bits per heavy atom. The number of nitrogens with one attached hydrogen (secondary N) is 1. The first-order chi connectivity index (χ1) is 16.7. The van der Waals surface area contributed by atoms with Gasteiger partial charge >= 0.3 is 0 Å². The number of para-hydroxylation sites is 1. The van der Waals surface area contributed by atoms with E-state index in [0.717, 1.165) is 22.1 Å².